The molecule has 4 aromatic rings. The van der Waals surface area contributed by atoms with Crippen LogP contribution in [0, 0.1) is 6.92 Å². The van der Waals surface area contributed by atoms with E-state index in [0.717, 1.165) is 39.6 Å². The second-order valence-electron chi connectivity index (χ2n) is 6.81. The molecule has 0 atom stereocenters. The molecule has 29 heavy (non-hydrogen) atoms. The van der Waals surface area contributed by atoms with E-state index < -0.39 is 0 Å². The molecule has 0 saturated carbocycles. The Balaban J connectivity index is 1.61. The van der Waals surface area contributed by atoms with Gasteiger partial charge in [0.25, 0.3) is 0 Å². The highest BCUT2D eigenvalue weighted by atomic mass is 16.1. The summed E-state index contributed by atoms with van der Waals surface area (Å²) in [5.74, 6) is 6.33. The summed E-state index contributed by atoms with van der Waals surface area (Å²) >= 11 is 0. The number of nitrogens with two attached hydrogens (primary N) is 1. The van der Waals surface area contributed by atoms with Crippen LogP contribution in [0.3, 0.4) is 0 Å². The highest BCUT2D eigenvalue weighted by molar-refractivity contribution is 5.80. The molecule has 6 nitrogen and oxygen atoms in total. The van der Waals surface area contributed by atoms with Crippen LogP contribution in [0.25, 0.3) is 22.2 Å². The molecule has 0 spiro atoms. The summed E-state index contributed by atoms with van der Waals surface area (Å²) in [7, 11) is 0. The minimum absolute atomic E-state index is 0.596. The van der Waals surface area contributed by atoms with Gasteiger partial charge in [-0.2, -0.15) is 0 Å². The van der Waals surface area contributed by atoms with E-state index in [1.165, 1.54) is 0 Å². The maximum Gasteiger partial charge on any atom is 0.151 e. The molecule has 2 aromatic carbocycles. The van der Waals surface area contributed by atoms with E-state index in [1.54, 1.807) is 6.20 Å². The van der Waals surface area contributed by atoms with Crippen LogP contribution in [0.2, 0.25) is 0 Å². The number of benzene rings is 2. The maximum atomic E-state index is 11.1. The van der Waals surface area contributed by atoms with Gasteiger partial charge in [0.05, 0.1) is 16.9 Å². The van der Waals surface area contributed by atoms with Crippen LogP contribution >= 0.6 is 0 Å². The van der Waals surface area contributed by atoms with Gasteiger partial charge in [-0.3, -0.25) is 15.6 Å². The van der Waals surface area contributed by atoms with Crippen molar-refractivity contribution >= 4 is 28.7 Å². The molecule has 0 radical (unpaired) electrons. The Bertz CT molecular complexity index is 1190. The van der Waals surface area contributed by atoms with E-state index in [1.807, 2.05) is 61.5 Å². The molecule has 0 bridgehead atoms. The van der Waals surface area contributed by atoms with Gasteiger partial charge in [0.2, 0.25) is 0 Å². The molecule has 0 aliphatic rings. The number of aromatic nitrogens is 2. The molecule has 0 aliphatic carbocycles. The third-order valence-corrected chi connectivity index (χ3v) is 4.87. The Kier molecular flexibility index (Phi) is 5.18. The highest BCUT2D eigenvalue weighted by Gasteiger charge is 2.09. The third kappa shape index (κ3) is 3.93. The lowest BCUT2D eigenvalue weighted by molar-refractivity contribution is 0.112. The second kappa shape index (κ2) is 8.08. The van der Waals surface area contributed by atoms with Crippen molar-refractivity contribution < 1.29 is 4.79 Å². The lowest BCUT2D eigenvalue weighted by Gasteiger charge is -2.13. The van der Waals surface area contributed by atoms with Crippen molar-refractivity contribution in [2.45, 2.75) is 13.5 Å². The van der Waals surface area contributed by atoms with Gasteiger partial charge in [0, 0.05) is 29.3 Å². The summed E-state index contributed by atoms with van der Waals surface area (Å²) in [4.78, 5) is 20.1. The number of nitrogens with one attached hydrogen (secondary N) is 2. The second-order valence-corrected chi connectivity index (χ2v) is 6.81. The zero-order chi connectivity index (χ0) is 20.2. The summed E-state index contributed by atoms with van der Waals surface area (Å²) in [5, 5.41) is 4.46. The molecular weight excluding hydrogens is 362 g/mol. The maximum absolute atomic E-state index is 11.1. The number of rotatable bonds is 6. The number of anilines is 2. The average molecular weight is 383 g/mol. The smallest absolute Gasteiger partial charge is 0.151 e. The predicted octanol–water partition coefficient (Wildman–Crippen LogP) is 4.32. The minimum atomic E-state index is 0.596. The first-order valence-corrected chi connectivity index (χ1v) is 9.29. The van der Waals surface area contributed by atoms with Gasteiger partial charge >= 0.3 is 0 Å². The van der Waals surface area contributed by atoms with E-state index >= 15 is 0 Å². The number of fused-ring (bicyclic) bond motifs is 1. The quantitative estimate of drug-likeness (QED) is 0.261. The van der Waals surface area contributed by atoms with E-state index in [-0.39, 0.29) is 0 Å². The number of aldehydes is 1. The highest BCUT2D eigenvalue weighted by Crippen LogP contribution is 2.26. The molecule has 2 heterocycles. The van der Waals surface area contributed by atoms with Crippen LogP contribution < -0.4 is 16.6 Å². The number of carbonyl (C=O) groups is 1. The molecule has 0 fully saturated rings. The molecule has 0 aliphatic heterocycles. The van der Waals surface area contributed by atoms with Crippen molar-refractivity contribution in [3.63, 3.8) is 0 Å². The normalized spacial score (nSPS) is 10.7. The molecule has 6 heteroatoms. The van der Waals surface area contributed by atoms with Crippen molar-refractivity contribution in [1.29, 1.82) is 0 Å². The number of hydrogen-bond donors (Lipinski definition) is 3. The summed E-state index contributed by atoms with van der Waals surface area (Å²) in [5.41, 5.74) is 8.82. The van der Waals surface area contributed by atoms with Gasteiger partial charge in [-0.15, -0.1) is 0 Å². The Hall–Kier alpha value is -3.77. The number of hydrogen-bond acceptors (Lipinski definition) is 6. The molecule has 0 saturated heterocycles. The Morgan fingerprint density at radius 2 is 1.97 bits per heavy atom. The summed E-state index contributed by atoms with van der Waals surface area (Å²) < 4.78 is 0. The summed E-state index contributed by atoms with van der Waals surface area (Å²) in [6.07, 6.45) is 2.65. The van der Waals surface area contributed by atoms with Crippen LogP contribution in [0.5, 0.6) is 0 Å². The first-order chi connectivity index (χ1) is 14.2. The zero-order valence-electron chi connectivity index (χ0n) is 16.0. The topological polar surface area (TPSA) is 92.9 Å². The lowest BCUT2D eigenvalue weighted by Crippen LogP contribution is -2.12. The monoisotopic (exact) mass is 383 g/mol. The van der Waals surface area contributed by atoms with Crippen molar-refractivity contribution in [2.75, 3.05) is 10.7 Å². The van der Waals surface area contributed by atoms with Crippen LogP contribution in [0.4, 0.5) is 11.5 Å². The standard InChI is InChI=1S/C23H21N5O/c1-15-11-18(5-6-19(15)14-29)21-8-9-22(28-24)23(27-21)26-13-16-4-7-20-17(12-16)3-2-10-25-20/h2-12,14,28H,13,24H2,1H3,(H,26,27). The van der Waals surface area contributed by atoms with Crippen LogP contribution in [-0.2, 0) is 6.54 Å². The third-order valence-electron chi connectivity index (χ3n) is 4.87. The molecule has 144 valence electrons. The first kappa shape index (κ1) is 18.6. The fraction of sp³-hybridized carbons (Fsp3) is 0.0870. The van der Waals surface area contributed by atoms with Crippen LogP contribution in [0.1, 0.15) is 21.5 Å². The molecule has 0 unspecified atom stereocenters. The average Bonchev–Trinajstić information content (AvgIpc) is 2.77. The van der Waals surface area contributed by atoms with E-state index in [9.17, 15) is 4.79 Å². The molecule has 4 N–H and O–H groups in total. The summed E-state index contributed by atoms with van der Waals surface area (Å²) in [6.45, 7) is 2.51. The molecular formula is C23H21N5O. The number of nitrogen functional groups attached to an aromatic ring is 1. The van der Waals surface area contributed by atoms with Crippen molar-refractivity contribution in [3.8, 4) is 11.3 Å². The largest absolute Gasteiger partial charge is 0.364 e. The number of pyridine rings is 2. The predicted molar refractivity (Wildman–Crippen MR) is 117 cm³/mol. The van der Waals surface area contributed by atoms with Crippen molar-refractivity contribution in [2.24, 2.45) is 5.84 Å². The first-order valence-electron chi connectivity index (χ1n) is 9.29. The van der Waals surface area contributed by atoms with Crippen molar-refractivity contribution in [3.05, 3.63) is 83.6 Å². The molecule has 2 aromatic heterocycles. The van der Waals surface area contributed by atoms with E-state index in [4.69, 9.17) is 10.8 Å². The zero-order valence-corrected chi connectivity index (χ0v) is 16.0. The van der Waals surface area contributed by atoms with E-state index in [0.29, 0.717) is 23.6 Å². The minimum Gasteiger partial charge on any atom is -0.364 e. The van der Waals surface area contributed by atoms with Gasteiger partial charge in [-0.25, -0.2) is 4.98 Å². The van der Waals surface area contributed by atoms with Gasteiger partial charge in [0.1, 0.15) is 6.29 Å². The Morgan fingerprint density at radius 1 is 1.07 bits per heavy atom. The van der Waals surface area contributed by atoms with Crippen LogP contribution in [-0.4, -0.2) is 16.3 Å². The van der Waals surface area contributed by atoms with Gasteiger partial charge in [0.15, 0.2) is 5.82 Å². The molecule has 4 rings (SSSR count). The molecule has 0 amide bonds. The Labute approximate surface area is 168 Å². The lowest BCUT2D eigenvalue weighted by atomic mass is 10.0. The fourth-order valence-corrected chi connectivity index (χ4v) is 3.26. The number of aryl methyl sites for hydroxylation is 1. The summed E-state index contributed by atoms with van der Waals surface area (Å²) in [6, 6.07) is 19.6. The fourth-order valence-electron chi connectivity index (χ4n) is 3.26. The van der Waals surface area contributed by atoms with Crippen LogP contribution in [0.15, 0.2) is 66.9 Å². The van der Waals surface area contributed by atoms with Crippen molar-refractivity contribution in [1.82, 2.24) is 9.97 Å². The Morgan fingerprint density at radius 3 is 2.76 bits per heavy atom. The number of nitrogens with zero attached hydrogens (tertiary/aromatic N) is 2. The number of hydrazine groups is 1. The number of carbonyl (C=O) groups excluding carboxylic acids is 1. The van der Waals surface area contributed by atoms with Gasteiger partial charge in [-0.1, -0.05) is 24.3 Å². The van der Waals surface area contributed by atoms with Gasteiger partial charge in [-0.05, 0) is 54.4 Å². The van der Waals surface area contributed by atoms with E-state index in [2.05, 4.69) is 21.8 Å². The van der Waals surface area contributed by atoms with Gasteiger partial charge < -0.3 is 10.7 Å². The SMILES string of the molecule is Cc1cc(-c2ccc(NN)c(NCc3ccc4ncccc4c3)n2)ccc1C=O.